The summed E-state index contributed by atoms with van der Waals surface area (Å²) in [6.07, 6.45) is 1.91. The first-order chi connectivity index (χ1) is 8.58. The lowest BCUT2D eigenvalue weighted by molar-refractivity contribution is 0.700. The van der Waals surface area contributed by atoms with Gasteiger partial charge in [0.05, 0.1) is 5.02 Å². The van der Waals surface area contributed by atoms with Crippen molar-refractivity contribution in [2.24, 2.45) is 7.05 Å². The lowest BCUT2D eigenvalue weighted by atomic mass is 10.1. The van der Waals surface area contributed by atoms with Gasteiger partial charge in [-0.1, -0.05) is 23.2 Å². The van der Waals surface area contributed by atoms with Crippen LogP contribution in [-0.2, 0) is 7.05 Å². The predicted molar refractivity (Wildman–Crippen MR) is 75.2 cm³/mol. The lowest BCUT2D eigenvalue weighted by Crippen LogP contribution is -1.91. The summed E-state index contributed by atoms with van der Waals surface area (Å²) in [4.78, 5) is 0. The minimum absolute atomic E-state index is 0.491. The van der Waals surface area contributed by atoms with Gasteiger partial charge in [0.2, 0.25) is 0 Å². The van der Waals surface area contributed by atoms with E-state index in [1.54, 1.807) is 29.9 Å². The van der Waals surface area contributed by atoms with E-state index < -0.39 is 0 Å². The van der Waals surface area contributed by atoms with Crippen LogP contribution in [0.1, 0.15) is 5.56 Å². The molecule has 0 saturated heterocycles. The summed E-state index contributed by atoms with van der Waals surface area (Å²) in [5.41, 5.74) is 1.84. The summed E-state index contributed by atoms with van der Waals surface area (Å²) in [6, 6.07) is 7.34. The van der Waals surface area contributed by atoms with Gasteiger partial charge in [0.15, 0.2) is 0 Å². The summed E-state index contributed by atoms with van der Waals surface area (Å²) < 4.78 is 1.68. The maximum Gasteiger partial charge on any atom is 0.113 e. The standard InChI is InChI=1S/C12H9Cl2N3S/c1-17-12(18-2)9(6-15)11(16-17)8-4-3-7(13)5-10(8)14/h3-5H,1-2H3. The highest BCUT2D eigenvalue weighted by molar-refractivity contribution is 7.98. The van der Waals surface area contributed by atoms with E-state index in [1.807, 2.05) is 6.26 Å². The zero-order chi connectivity index (χ0) is 13.3. The maximum atomic E-state index is 9.26. The molecule has 0 amide bonds. The Morgan fingerprint density at radius 3 is 2.67 bits per heavy atom. The zero-order valence-electron chi connectivity index (χ0n) is 9.74. The van der Waals surface area contributed by atoms with E-state index in [-0.39, 0.29) is 0 Å². The molecule has 92 valence electrons. The first kappa shape index (κ1) is 13.3. The van der Waals surface area contributed by atoms with E-state index in [9.17, 15) is 5.26 Å². The van der Waals surface area contributed by atoms with Crippen molar-refractivity contribution in [3.63, 3.8) is 0 Å². The second-order valence-electron chi connectivity index (χ2n) is 3.59. The van der Waals surface area contributed by atoms with Crippen molar-refractivity contribution in [2.75, 3.05) is 6.26 Å². The molecule has 0 unspecified atom stereocenters. The molecule has 0 N–H and O–H groups in total. The summed E-state index contributed by atoms with van der Waals surface area (Å²) in [5, 5.41) is 15.5. The van der Waals surface area contributed by atoms with E-state index in [4.69, 9.17) is 23.2 Å². The number of aryl methyl sites for hydroxylation is 1. The Morgan fingerprint density at radius 2 is 2.11 bits per heavy atom. The normalized spacial score (nSPS) is 10.4. The molecule has 0 aliphatic rings. The first-order valence-electron chi connectivity index (χ1n) is 5.05. The largest absolute Gasteiger partial charge is 0.260 e. The average Bonchev–Trinajstić information content (AvgIpc) is 2.65. The van der Waals surface area contributed by atoms with Gasteiger partial charge in [-0.15, -0.1) is 11.8 Å². The van der Waals surface area contributed by atoms with Crippen LogP contribution in [0.25, 0.3) is 11.3 Å². The van der Waals surface area contributed by atoms with E-state index >= 15 is 0 Å². The van der Waals surface area contributed by atoms with E-state index in [0.29, 0.717) is 26.9 Å². The highest BCUT2D eigenvalue weighted by atomic mass is 35.5. The minimum Gasteiger partial charge on any atom is -0.260 e. The maximum absolute atomic E-state index is 9.26. The SMILES string of the molecule is CSc1c(C#N)c(-c2ccc(Cl)cc2Cl)nn1C. The smallest absolute Gasteiger partial charge is 0.113 e. The van der Waals surface area contributed by atoms with E-state index in [0.717, 1.165) is 5.03 Å². The lowest BCUT2D eigenvalue weighted by Gasteiger charge is -2.01. The van der Waals surface area contributed by atoms with E-state index in [1.165, 1.54) is 11.8 Å². The topological polar surface area (TPSA) is 41.6 Å². The second-order valence-corrected chi connectivity index (χ2v) is 5.23. The van der Waals surface area contributed by atoms with Crippen molar-refractivity contribution >= 4 is 35.0 Å². The quantitative estimate of drug-likeness (QED) is 0.787. The third-order valence-electron chi connectivity index (χ3n) is 2.49. The van der Waals surface area contributed by atoms with Crippen LogP contribution in [0.4, 0.5) is 0 Å². The molecule has 2 aromatic rings. The molecule has 0 aliphatic carbocycles. The molecule has 18 heavy (non-hydrogen) atoms. The van der Waals surface area contributed by atoms with Crippen LogP contribution >= 0.6 is 35.0 Å². The number of hydrogen-bond acceptors (Lipinski definition) is 3. The van der Waals surface area contributed by atoms with Crippen LogP contribution in [0, 0.1) is 11.3 Å². The molecule has 1 aromatic carbocycles. The number of benzene rings is 1. The molecule has 0 bridgehead atoms. The fourth-order valence-electron chi connectivity index (χ4n) is 1.71. The molecule has 6 heteroatoms. The third-order valence-corrected chi connectivity index (χ3v) is 3.89. The molecular weight excluding hydrogens is 289 g/mol. The fraction of sp³-hybridized carbons (Fsp3) is 0.167. The van der Waals surface area contributed by atoms with Crippen molar-refractivity contribution in [1.29, 1.82) is 5.26 Å². The molecule has 3 nitrogen and oxygen atoms in total. The van der Waals surface area contributed by atoms with Crippen LogP contribution in [-0.4, -0.2) is 16.0 Å². The van der Waals surface area contributed by atoms with Gasteiger partial charge in [-0.3, -0.25) is 4.68 Å². The Morgan fingerprint density at radius 1 is 1.39 bits per heavy atom. The summed E-state index contributed by atoms with van der Waals surface area (Å²) in [5.74, 6) is 0. The summed E-state index contributed by atoms with van der Waals surface area (Å²) >= 11 is 13.5. The Bertz CT molecular complexity index is 644. The summed E-state index contributed by atoms with van der Waals surface area (Å²) in [6.45, 7) is 0. The van der Waals surface area contributed by atoms with Crippen molar-refractivity contribution < 1.29 is 0 Å². The van der Waals surface area contributed by atoms with Crippen LogP contribution in [0.3, 0.4) is 0 Å². The predicted octanol–water partition coefficient (Wildman–Crippen LogP) is 3.99. The Balaban J connectivity index is 2.68. The minimum atomic E-state index is 0.491. The van der Waals surface area contributed by atoms with Crippen molar-refractivity contribution in [3.8, 4) is 17.3 Å². The summed E-state index contributed by atoms with van der Waals surface area (Å²) in [7, 11) is 1.81. The van der Waals surface area contributed by atoms with Crippen molar-refractivity contribution in [3.05, 3.63) is 33.8 Å². The number of nitrogens with zero attached hydrogens (tertiary/aromatic N) is 3. The first-order valence-corrected chi connectivity index (χ1v) is 7.03. The number of nitriles is 1. The van der Waals surface area contributed by atoms with Gasteiger partial charge in [-0.05, 0) is 24.5 Å². The van der Waals surface area contributed by atoms with Gasteiger partial charge in [0.25, 0.3) is 0 Å². The Labute approximate surface area is 119 Å². The Hall–Kier alpha value is -1.15. The van der Waals surface area contributed by atoms with Crippen LogP contribution in [0.2, 0.25) is 10.0 Å². The van der Waals surface area contributed by atoms with Gasteiger partial charge in [0.1, 0.15) is 22.4 Å². The highest BCUT2D eigenvalue weighted by Gasteiger charge is 2.18. The molecule has 1 aromatic heterocycles. The average molecular weight is 298 g/mol. The molecule has 0 saturated carbocycles. The Kier molecular flexibility index (Phi) is 3.86. The second kappa shape index (κ2) is 5.23. The number of aromatic nitrogens is 2. The van der Waals surface area contributed by atoms with Gasteiger partial charge < -0.3 is 0 Å². The molecule has 1 heterocycles. The molecule has 0 fully saturated rings. The van der Waals surface area contributed by atoms with E-state index in [2.05, 4.69) is 11.2 Å². The molecule has 2 rings (SSSR count). The zero-order valence-corrected chi connectivity index (χ0v) is 12.1. The highest BCUT2D eigenvalue weighted by Crippen LogP contribution is 2.34. The number of rotatable bonds is 2. The monoisotopic (exact) mass is 297 g/mol. The fourth-order valence-corrected chi connectivity index (χ4v) is 2.86. The molecule has 0 aliphatic heterocycles. The van der Waals surface area contributed by atoms with Crippen molar-refractivity contribution in [1.82, 2.24) is 9.78 Å². The van der Waals surface area contributed by atoms with Gasteiger partial charge in [-0.25, -0.2) is 0 Å². The molecular formula is C12H9Cl2N3S. The number of halogens is 2. The van der Waals surface area contributed by atoms with Crippen LogP contribution in [0.5, 0.6) is 0 Å². The van der Waals surface area contributed by atoms with Gasteiger partial charge >= 0.3 is 0 Å². The number of hydrogen-bond donors (Lipinski definition) is 0. The molecule has 0 spiro atoms. The van der Waals surface area contributed by atoms with Crippen LogP contribution in [0.15, 0.2) is 23.2 Å². The number of thioether (sulfide) groups is 1. The molecule has 0 radical (unpaired) electrons. The third kappa shape index (κ3) is 2.22. The molecule has 0 atom stereocenters. The van der Waals surface area contributed by atoms with Gasteiger partial charge in [0, 0.05) is 17.6 Å². The van der Waals surface area contributed by atoms with Crippen molar-refractivity contribution in [2.45, 2.75) is 5.03 Å². The van der Waals surface area contributed by atoms with Gasteiger partial charge in [-0.2, -0.15) is 10.4 Å². The van der Waals surface area contributed by atoms with Crippen LogP contribution < -0.4 is 0 Å².